The van der Waals surface area contributed by atoms with Crippen LogP contribution in [0.15, 0.2) is 30.5 Å². The lowest BCUT2D eigenvalue weighted by molar-refractivity contribution is 0.0633. The van der Waals surface area contributed by atoms with Crippen LogP contribution >= 0.6 is 0 Å². The van der Waals surface area contributed by atoms with Gasteiger partial charge in [0.25, 0.3) is 5.91 Å². The first-order valence-corrected chi connectivity index (χ1v) is 9.71. The van der Waals surface area contributed by atoms with E-state index >= 15 is 0 Å². The van der Waals surface area contributed by atoms with E-state index in [1.807, 2.05) is 30.2 Å². The molecule has 2 heterocycles. The number of aryl methyl sites for hydroxylation is 2. The molecule has 1 aliphatic heterocycles. The Bertz CT molecular complexity index is 824. The second-order valence-corrected chi connectivity index (χ2v) is 8.18. The molecule has 1 aliphatic carbocycles. The Morgan fingerprint density at radius 2 is 1.96 bits per heavy atom. The molecule has 2 aromatic rings. The van der Waals surface area contributed by atoms with Gasteiger partial charge in [-0.3, -0.25) is 4.79 Å². The normalized spacial score (nSPS) is 22.1. The Kier molecular flexibility index (Phi) is 4.29. The fraction of sp³-hybridized carbons (Fsp3) is 0.500. The molecule has 0 saturated carbocycles. The van der Waals surface area contributed by atoms with Crippen molar-refractivity contribution >= 4 is 5.91 Å². The van der Waals surface area contributed by atoms with Crippen LogP contribution in [0, 0.1) is 6.92 Å². The molecule has 4 heteroatoms. The minimum atomic E-state index is 0.0226. The number of nitrogens with zero attached hydrogens (tertiary/aromatic N) is 3. The van der Waals surface area contributed by atoms with Crippen molar-refractivity contribution < 1.29 is 4.79 Å². The van der Waals surface area contributed by atoms with E-state index in [2.05, 4.69) is 31.0 Å². The first-order chi connectivity index (χ1) is 12.5. The average molecular weight is 349 g/mol. The highest BCUT2D eigenvalue weighted by Gasteiger charge is 2.44. The molecule has 0 radical (unpaired) electrons. The smallest absolute Gasteiger partial charge is 0.253 e. The largest absolute Gasteiger partial charge is 0.338 e. The minimum Gasteiger partial charge on any atom is -0.338 e. The molecular weight excluding hydrogens is 322 g/mol. The van der Waals surface area contributed by atoms with E-state index in [4.69, 9.17) is 4.98 Å². The van der Waals surface area contributed by atoms with Gasteiger partial charge in [0.15, 0.2) is 0 Å². The van der Waals surface area contributed by atoms with Crippen molar-refractivity contribution in [3.8, 4) is 0 Å². The number of carbonyl (C=O) groups excluding carboxylic acids is 1. The van der Waals surface area contributed by atoms with Crippen LogP contribution in [0.3, 0.4) is 0 Å². The molecule has 0 bridgehead atoms. The first-order valence-electron chi connectivity index (χ1n) is 9.71. The van der Waals surface area contributed by atoms with Crippen molar-refractivity contribution in [3.63, 3.8) is 0 Å². The SMILES string of the molecule is Cc1ncc2c(n1)C1(CCCN(C(=O)c3ccc(C(C)C)cc3)C1)CC2. The zero-order chi connectivity index (χ0) is 18.3. The summed E-state index contributed by atoms with van der Waals surface area (Å²) in [4.78, 5) is 24.3. The highest BCUT2D eigenvalue weighted by molar-refractivity contribution is 5.94. The molecule has 1 atom stereocenters. The van der Waals surface area contributed by atoms with Crippen LogP contribution in [0.4, 0.5) is 0 Å². The van der Waals surface area contributed by atoms with Gasteiger partial charge in [-0.25, -0.2) is 9.97 Å². The van der Waals surface area contributed by atoms with E-state index in [-0.39, 0.29) is 11.3 Å². The zero-order valence-corrected chi connectivity index (χ0v) is 16.0. The van der Waals surface area contributed by atoms with E-state index in [0.717, 1.165) is 50.2 Å². The summed E-state index contributed by atoms with van der Waals surface area (Å²) in [7, 11) is 0. The van der Waals surface area contributed by atoms with Crippen LogP contribution in [-0.4, -0.2) is 33.9 Å². The Morgan fingerprint density at radius 3 is 2.69 bits per heavy atom. The Labute approximate surface area is 155 Å². The summed E-state index contributed by atoms with van der Waals surface area (Å²) in [5, 5.41) is 0. The lowest BCUT2D eigenvalue weighted by Crippen LogP contribution is -2.48. The van der Waals surface area contributed by atoms with Crippen molar-refractivity contribution in [3.05, 3.63) is 58.7 Å². The molecule has 4 nitrogen and oxygen atoms in total. The number of hydrogen-bond acceptors (Lipinski definition) is 3. The van der Waals surface area contributed by atoms with E-state index in [1.54, 1.807) is 0 Å². The fourth-order valence-corrected chi connectivity index (χ4v) is 4.53. The molecule has 1 unspecified atom stereocenters. The second kappa shape index (κ2) is 6.49. The van der Waals surface area contributed by atoms with Crippen LogP contribution in [0.25, 0.3) is 0 Å². The Morgan fingerprint density at radius 1 is 1.19 bits per heavy atom. The second-order valence-electron chi connectivity index (χ2n) is 8.18. The highest BCUT2D eigenvalue weighted by Crippen LogP contribution is 2.44. The third kappa shape index (κ3) is 2.91. The third-order valence-corrected chi connectivity index (χ3v) is 6.05. The molecule has 1 fully saturated rings. The van der Waals surface area contributed by atoms with E-state index < -0.39 is 0 Å². The molecule has 1 aromatic heterocycles. The molecular formula is C22H27N3O. The van der Waals surface area contributed by atoms with Crippen molar-refractivity contribution in [1.82, 2.24) is 14.9 Å². The molecule has 136 valence electrons. The first kappa shape index (κ1) is 17.2. The molecule has 1 spiro atoms. The van der Waals surface area contributed by atoms with Gasteiger partial charge >= 0.3 is 0 Å². The number of piperidine rings is 1. The number of carbonyl (C=O) groups is 1. The van der Waals surface area contributed by atoms with Gasteiger partial charge in [-0.15, -0.1) is 0 Å². The molecule has 0 N–H and O–H groups in total. The van der Waals surface area contributed by atoms with Gasteiger partial charge in [0.1, 0.15) is 5.82 Å². The molecule has 1 aromatic carbocycles. The van der Waals surface area contributed by atoms with Gasteiger partial charge in [0.2, 0.25) is 0 Å². The summed E-state index contributed by atoms with van der Waals surface area (Å²) in [6.07, 6.45) is 6.25. The minimum absolute atomic E-state index is 0.0226. The predicted octanol–water partition coefficient (Wildman–Crippen LogP) is 4.03. The monoisotopic (exact) mass is 349 g/mol. The van der Waals surface area contributed by atoms with Crippen molar-refractivity contribution in [1.29, 1.82) is 0 Å². The summed E-state index contributed by atoms with van der Waals surface area (Å²) in [6, 6.07) is 8.12. The lowest BCUT2D eigenvalue weighted by atomic mass is 9.77. The average Bonchev–Trinajstić information content (AvgIpc) is 2.98. The topological polar surface area (TPSA) is 46.1 Å². The molecule has 2 aliphatic rings. The summed E-state index contributed by atoms with van der Waals surface area (Å²) >= 11 is 0. The van der Waals surface area contributed by atoms with Gasteiger partial charge in [-0.2, -0.15) is 0 Å². The number of likely N-dealkylation sites (tertiary alicyclic amines) is 1. The Balaban J connectivity index is 1.58. The number of aromatic nitrogens is 2. The van der Waals surface area contributed by atoms with Gasteiger partial charge < -0.3 is 4.90 Å². The Hall–Kier alpha value is -2.23. The molecule has 1 saturated heterocycles. The molecule has 26 heavy (non-hydrogen) atoms. The van der Waals surface area contributed by atoms with E-state index in [0.29, 0.717) is 5.92 Å². The number of benzene rings is 1. The molecule has 1 amide bonds. The summed E-state index contributed by atoms with van der Waals surface area (Å²) in [5.74, 6) is 1.46. The lowest BCUT2D eigenvalue weighted by Gasteiger charge is -2.40. The fourth-order valence-electron chi connectivity index (χ4n) is 4.53. The zero-order valence-electron chi connectivity index (χ0n) is 16.0. The van der Waals surface area contributed by atoms with Crippen molar-refractivity contribution in [2.45, 2.75) is 57.8 Å². The predicted molar refractivity (Wildman–Crippen MR) is 102 cm³/mol. The summed E-state index contributed by atoms with van der Waals surface area (Å²) in [5.41, 5.74) is 4.55. The number of hydrogen-bond donors (Lipinski definition) is 0. The van der Waals surface area contributed by atoms with E-state index in [9.17, 15) is 4.79 Å². The van der Waals surface area contributed by atoms with Gasteiger partial charge in [-0.05, 0) is 61.8 Å². The maximum atomic E-state index is 13.1. The van der Waals surface area contributed by atoms with Gasteiger partial charge in [0.05, 0.1) is 5.69 Å². The van der Waals surface area contributed by atoms with Crippen LogP contribution in [0.5, 0.6) is 0 Å². The van der Waals surface area contributed by atoms with Crippen LogP contribution in [0.1, 0.15) is 72.0 Å². The van der Waals surface area contributed by atoms with Crippen LogP contribution in [0.2, 0.25) is 0 Å². The highest BCUT2D eigenvalue weighted by atomic mass is 16.2. The van der Waals surface area contributed by atoms with Gasteiger partial charge in [-0.1, -0.05) is 26.0 Å². The third-order valence-electron chi connectivity index (χ3n) is 6.05. The van der Waals surface area contributed by atoms with Crippen LogP contribution < -0.4 is 0 Å². The summed E-state index contributed by atoms with van der Waals surface area (Å²) < 4.78 is 0. The number of amides is 1. The summed E-state index contributed by atoms with van der Waals surface area (Å²) in [6.45, 7) is 7.92. The van der Waals surface area contributed by atoms with Crippen molar-refractivity contribution in [2.75, 3.05) is 13.1 Å². The quantitative estimate of drug-likeness (QED) is 0.822. The molecule has 4 rings (SSSR count). The maximum absolute atomic E-state index is 13.1. The van der Waals surface area contributed by atoms with Gasteiger partial charge in [0, 0.05) is 30.3 Å². The number of fused-ring (bicyclic) bond motifs is 2. The van der Waals surface area contributed by atoms with Crippen molar-refractivity contribution in [2.24, 2.45) is 0 Å². The van der Waals surface area contributed by atoms with Crippen LogP contribution in [-0.2, 0) is 11.8 Å². The van der Waals surface area contributed by atoms with E-state index in [1.165, 1.54) is 16.8 Å². The number of rotatable bonds is 2. The standard InChI is InChI=1S/C22H27N3O/c1-15(2)17-5-7-18(8-6-17)21(26)25-12-4-10-22(14-25)11-9-19-13-23-16(3)24-20(19)22/h5-8,13,15H,4,9-12,14H2,1-3H3. The maximum Gasteiger partial charge on any atom is 0.253 e.